The van der Waals surface area contributed by atoms with Gasteiger partial charge in [0.1, 0.15) is 12.1 Å². The van der Waals surface area contributed by atoms with Crippen LogP contribution in [0.3, 0.4) is 0 Å². The van der Waals surface area contributed by atoms with E-state index >= 15 is 0 Å². The maximum Gasteiger partial charge on any atom is 0.326 e. The van der Waals surface area contributed by atoms with Crippen LogP contribution in [-0.4, -0.2) is 35.0 Å². The number of nitrogens with one attached hydrogen (secondary N) is 2. The lowest BCUT2D eigenvalue weighted by Gasteiger charge is -2.55. The number of hydrogen-bond donors (Lipinski definition) is 3. The second-order valence-corrected chi connectivity index (χ2v) is 11.0. The summed E-state index contributed by atoms with van der Waals surface area (Å²) < 4.78 is 0. The van der Waals surface area contributed by atoms with Gasteiger partial charge in [0.15, 0.2) is 0 Å². The Kier molecular flexibility index (Phi) is 6.63. The molecular formula is C29H34N2O4. The fourth-order valence-corrected chi connectivity index (χ4v) is 7.08. The Morgan fingerprint density at radius 2 is 1.20 bits per heavy atom. The van der Waals surface area contributed by atoms with E-state index in [0.717, 1.165) is 30.4 Å². The molecule has 0 saturated heterocycles. The maximum atomic E-state index is 13.7. The number of carbonyl (C=O) groups excluding carboxylic acids is 2. The molecule has 2 amide bonds. The minimum atomic E-state index is -1.09. The normalized spacial score (nSPS) is 28.2. The van der Waals surface area contributed by atoms with Crippen LogP contribution < -0.4 is 10.6 Å². The smallest absolute Gasteiger partial charge is 0.326 e. The van der Waals surface area contributed by atoms with Crippen LogP contribution in [0.5, 0.6) is 0 Å². The number of rotatable bonds is 9. The van der Waals surface area contributed by atoms with Crippen molar-refractivity contribution in [1.82, 2.24) is 10.6 Å². The monoisotopic (exact) mass is 474 g/mol. The highest BCUT2D eigenvalue weighted by atomic mass is 16.4. The van der Waals surface area contributed by atoms with Gasteiger partial charge >= 0.3 is 5.97 Å². The molecule has 2 atom stereocenters. The summed E-state index contributed by atoms with van der Waals surface area (Å²) in [6.45, 7) is 0. The van der Waals surface area contributed by atoms with Crippen molar-refractivity contribution in [2.75, 3.05) is 0 Å². The molecule has 4 aliphatic carbocycles. The van der Waals surface area contributed by atoms with Crippen LogP contribution in [0.4, 0.5) is 0 Å². The molecule has 0 radical (unpaired) electrons. The Balaban J connectivity index is 1.33. The molecule has 184 valence electrons. The molecule has 0 unspecified atom stereocenters. The average molecular weight is 475 g/mol. The first-order chi connectivity index (χ1) is 16.9. The number of aliphatic carboxylic acids is 1. The topological polar surface area (TPSA) is 95.5 Å². The van der Waals surface area contributed by atoms with Crippen molar-refractivity contribution < 1.29 is 19.5 Å². The molecule has 35 heavy (non-hydrogen) atoms. The Morgan fingerprint density at radius 1 is 0.743 bits per heavy atom. The summed E-state index contributed by atoms with van der Waals surface area (Å²) in [7, 11) is 0. The Hall–Kier alpha value is -3.15. The van der Waals surface area contributed by atoms with Gasteiger partial charge in [-0.05, 0) is 67.4 Å². The van der Waals surface area contributed by atoms with E-state index in [1.165, 1.54) is 19.3 Å². The summed E-state index contributed by atoms with van der Waals surface area (Å²) in [5.41, 5.74) is 1.38. The highest BCUT2D eigenvalue weighted by molar-refractivity contribution is 5.92. The van der Waals surface area contributed by atoms with Crippen molar-refractivity contribution in [3.8, 4) is 0 Å². The van der Waals surface area contributed by atoms with Gasteiger partial charge < -0.3 is 15.7 Å². The Labute approximate surface area is 206 Å². The third-order valence-electron chi connectivity index (χ3n) is 8.32. The quantitative estimate of drug-likeness (QED) is 0.516. The second kappa shape index (κ2) is 9.84. The molecule has 2 aromatic rings. The van der Waals surface area contributed by atoms with E-state index in [-0.39, 0.29) is 17.7 Å². The van der Waals surface area contributed by atoms with E-state index in [2.05, 4.69) is 10.6 Å². The zero-order chi connectivity index (χ0) is 24.4. The summed E-state index contributed by atoms with van der Waals surface area (Å²) >= 11 is 0. The van der Waals surface area contributed by atoms with Crippen LogP contribution >= 0.6 is 0 Å². The molecule has 6 rings (SSSR count). The van der Waals surface area contributed by atoms with Gasteiger partial charge in [-0.1, -0.05) is 60.7 Å². The Morgan fingerprint density at radius 3 is 1.66 bits per heavy atom. The zero-order valence-corrected chi connectivity index (χ0v) is 20.0. The number of carboxylic acid groups (broad SMARTS) is 1. The van der Waals surface area contributed by atoms with E-state index < -0.39 is 24.0 Å². The summed E-state index contributed by atoms with van der Waals surface area (Å²) in [4.78, 5) is 39.1. The average Bonchev–Trinajstić information content (AvgIpc) is 2.83. The number of benzene rings is 2. The highest BCUT2D eigenvalue weighted by Crippen LogP contribution is 2.60. The van der Waals surface area contributed by atoms with E-state index in [0.29, 0.717) is 24.2 Å². The van der Waals surface area contributed by atoms with Crippen LogP contribution in [0, 0.1) is 23.2 Å². The van der Waals surface area contributed by atoms with Crippen molar-refractivity contribution in [1.29, 1.82) is 0 Å². The van der Waals surface area contributed by atoms with Gasteiger partial charge in [-0.15, -0.1) is 0 Å². The molecule has 3 N–H and O–H groups in total. The van der Waals surface area contributed by atoms with Gasteiger partial charge in [-0.2, -0.15) is 0 Å². The molecule has 4 fully saturated rings. The number of carbonyl (C=O) groups is 3. The molecule has 0 aliphatic heterocycles. The molecule has 4 saturated carbocycles. The van der Waals surface area contributed by atoms with Crippen molar-refractivity contribution in [3.05, 3.63) is 71.8 Å². The molecule has 4 bridgehead atoms. The lowest BCUT2D eigenvalue weighted by atomic mass is 9.49. The van der Waals surface area contributed by atoms with Crippen molar-refractivity contribution >= 4 is 17.8 Å². The fraction of sp³-hybridized carbons (Fsp3) is 0.483. The third-order valence-corrected chi connectivity index (χ3v) is 8.32. The molecule has 0 aromatic heterocycles. The van der Waals surface area contributed by atoms with Crippen LogP contribution in [0.15, 0.2) is 60.7 Å². The predicted molar refractivity (Wildman–Crippen MR) is 132 cm³/mol. The molecule has 6 heteroatoms. The lowest BCUT2D eigenvalue weighted by Crippen LogP contribution is -2.59. The van der Waals surface area contributed by atoms with Gasteiger partial charge in [-0.3, -0.25) is 9.59 Å². The van der Waals surface area contributed by atoms with E-state index in [9.17, 15) is 19.5 Å². The molecule has 0 heterocycles. The van der Waals surface area contributed by atoms with Gasteiger partial charge in [0, 0.05) is 18.3 Å². The van der Waals surface area contributed by atoms with Crippen LogP contribution in [-0.2, 0) is 27.2 Å². The number of carboxylic acids is 1. The first kappa shape index (κ1) is 23.6. The molecule has 2 aromatic carbocycles. The van der Waals surface area contributed by atoms with Crippen molar-refractivity contribution in [2.24, 2.45) is 23.2 Å². The zero-order valence-electron chi connectivity index (χ0n) is 20.0. The van der Waals surface area contributed by atoms with Crippen molar-refractivity contribution in [2.45, 2.75) is 63.5 Å². The maximum absolute atomic E-state index is 13.7. The lowest BCUT2D eigenvalue weighted by molar-refractivity contribution is -0.148. The van der Waals surface area contributed by atoms with Gasteiger partial charge in [-0.25, -0.2) is 4.79 Å². The first-order valence-electron chi connectivity index (χ1n) is 12.8. The molecule has 4 aliphatic rings. The predicted octanol–water partition coefficient (Wildman–Crippen LogP) is 3.74. The van der Waals surface area contributed by atoms with Crippen LogP contribution in [0.25, 0.3) is 0 Å². The van der Waals surface area contributed by atoms with Gasteiger partial charge in [0.2, 0.25) is 11.8 Å². The standard InChI is InChI=1S/C29H34N2O4/c32-26(30-25(27(33)34)15-20-9-5-2-6-10-20)24(14-19-7-3-1-4-8-19)31-28(35)29-16-21-11-22(17-29)13-23(12-21)18-29/h1-10,21-25H,11-18H2,(H,30,32)(H,31,35)(H,33,34)/t21?,22?,23?,24-,25+,29?/m1/s1. The minimum absolute atomic E-state index is 0.0254. The van der Waals surface area contributed by atoms with Crippen LogP contribution in [0.1, 0.15) is 49.7 Å². The number of hydrogen-bond acceptors (Lipinski definition) is 3. The molecular weight excluding hydrogens is 440 g/mol. The molecule has 6 nitrogen and oxygen atoms in total. The molecule has 0 spiro atoms. The van der Waals surface area contributed by atoms with E-state index in [1.807, 2.05) is 60.7 Å². The van der Waals surface area contributed by atoms with Crippen molar-refractivity contribution in [3.63, 3.8) is 0 Å². The van der Waals surface area contributed by atoms with Gasteiger partial charge in [0.05, 0.1) is 0 Å². The summed E-state index contributed by atoms with van der Waals surface area (Å²) in [6, 6.07) is 16.9. The Bertz CT molecular complexity index is 1030. The minimum Gasteiger partial charge on any atom is -0.480 e. The SMILES string of the molecule is O=C(O)[C@H](Cc1ccccc1)NC(=O)[C@@H](Cc1ccccc1)NC(=O)C12CC3CC(CC(C3)C1)C2. The largest absolute Gasteiger partial charge is 0.480 e. The number of amides is 2. The first-order valence-corrected chi connectivity index (χ1v) is 12.8. The van der Waals surface area contributed by atoms with Gasteiger partial charge in [0.25, 0.3) is 0 Å². The van der Waals surface area contributed by atoms with Crippen LogP contribution in [0.2, 0.25) is 0 Å². The second-order valence-electron chi connectivity index (χ2n) is 11.0. The summed E-state index contributed by atoms with van der Waals surface area (Å²) in [5, 5.41) is 15.6. The highest BCUT2D eigenvalue weighted by Gasteiger charge is 2.55. The fourth-order valence-electron chi connectivity index (χ4n) is 7.08. The van der Waals surface area contributed by atoms with E-state index in [1.54, 1.807) is 0 Å². The summed E-state index contributed by atoms with van der Waals surface area (Å²) in [5.74, 6) is 0.299. The van der Waals surface area contributed by atoms with E-state index in [4.69, 9.17) is 0 Å². The third kappa shape index (κ3) is 5.26. The summed E-state index contributed by atoms with van der Waals surface area (Å²) in [6.07, 6.45) is 6.95.